The van der Waals surface area contributed by atoms with Crippen LogP contribution in [0.15, 0.2) is 34.0 Å². The molecule has 1 aromatic carbocycles. The van der Waals surface area contributed by atoms with E-state index in [-0.39, 0.29) is 18.9 Å². The number of hydrogen-bond acceptors (Lipinski definition) is 5. The smallest absolute Gasteiger partial charge is 0.330 e. The molecule has 1 fully saturated rings. The molecule has 2 aromatic rings. The third-order valence-corrected chi connectivity index (χ3v) is 5.90. The van der Waals surface area contributed by atoms with Gasteiger partial charge in [-0.1, -0.05) is 36.2 Å². The number of carbonyl (C=O) groups is 1. The van der Waals surface area contributed by atoms with E-state index in [9.17, 15) is 19.5 Å². The third kappa shape index (κ3) is 4.62. The van der Waals surface area contributed by atoms with Crippen molar-refractivity contribution in [1.82, 2.24) is 14.9 Å². The SMILES string of the molecule is CCc1cn([C@@H]2CC(O)[C@H](CNC(=O)C(C)c3c(Cl)cccc3Cl)O2)c(=O)[nH]c1=O. The van der Waals surface area contributed by atoms with Gasteiger partial charge in [-0.3, -0.25) is 19.1 Å². The van der Waals surface area contributed by atoms with Crippen LogP contribution in [0.5, 0.6) is 0 Å². The second kappa shape index (κ2) is 9.34. The summed E-state index contributed by atoms with van der Waals surface area (Å²) in [7, 11) is 0. The van der Waals surface area contributed by atoms with Crippen LogP contribution in [0.1, 0.15) is 43.5 Å². The normalized spacial score (nSPS) is 22.1. The number of amides is 1. The highest BCUT2D eigenvalue weighted by Gasteiger charge is 2.36. The third-order valence-electron chi connectivity index (χ3n) is 5.24. The van der Waals surface area contributed by atoms with E-state index in [1.54, 1.807) is 32.0 Å². The van der Waals surface area contributed by atoms with E-state index in [0.717, 1.165) is 0 Å². The Morgan fingerprint density at radius 1 is 1.37 bits per heavy atom. The summed E-state index contributed by atoms with van der Waals surface area (Å²) in [6.45, 7) is 3.53. The predicted molar refractivity (Wildman–Crippen MR) is 113 cm³/mol. The van der Waals surface area contributed by atoms with Gasteiger partial charge in [0.1, 0.15) is 12.3 Å². The Hall–Kier alpha value is -2.13. The second-order valence-corrected chi connectivity index (χ2v) is 8.02. The van der Waals surface area contributed by atoms with Gasteiger partial charge in [0.05, 0.1) is 12.0 Å². The van der Waals surface area contributed by atoms with Gasteiger partial charge in [-0.2, -0.15) is 0 Å². The van der Waals surface area contributed by atoms with Gasteiger partial charge in [-0.25, -0.2) is 4.79 Å². The van der Waals surface area contributed by atoms with Crippen molar-refractivity contribution in [3.63, 3.8) is 0 Å². The molecule has 10 heteroatoms. The van der Waals surface area contributed by atoms with E-state index in [2.05, 4.69) is 10.3 Å². The number of aliphatic hydroxyl groups excluding tert-OH is 1. The van der Waals surface area contributed by atoms with Crippen molar-refractivity contribution in [3.05, 3.63) is 66.4 Å². The van der Waals surface area contributed by atoms with Crippen molar-refractivity contribution >= 4 is 29.1 Å². The van der Waals surface area contributed by atoms with E-state index < -0.39 is 35.6 Å². The van der Waals surface area contributed by atoms with Crippen LogP contribution in [-0.2, 0) is 16.0 Å². The number of nitrogens with zero attached hydrogens (tertiary/aromatic N) is 1. The van der Waals surface area contributed by atoms with Gasteiger partial charge in [0.15, 0.2) is 0 Å². The van der Waals surface area contributed by atoms with Gasteiger partial charge >= 0.3 is 5.69 Å². The van der Waals surface area contributed by atoms with Crippen molar-refractivity contribution < 1.29 is 14.6 Å². The summed E-state index contributed by atoms with van der Waals surface area (Å²) < 4.78 is 7.05. The number of H-pyrrole nitrogens is 1. The standard InChI is InChI=1S/C20H23Cl2N3O5/c1-3-11-9-25(20(29)24-19(11)28)16-7-14(26)15(30-16)8-23-18(27)10(2)17-12(21)5-4-6-13(17)22/h4-6,9-10,14-16,26H,3,7-8H2,1-2H3,(H,23,27)(H,24,28,29)/t10?,14?,15-,16-/m0/s1. The van der Waals surface area contributed by atoms with E-state index >= 15 is 0 Å². The number of aliphatic hydroxyl groups is 1. The van der Waals surface area contributed by atoms with Crippen LogP contribution >= 0.6 is 23.2 Å². The summed E-state index contributed by atoms with van der Waals surface area (Å²) in [6.07, 6.45) is -0.294. The van der Waals surface area contributed by atoms with E-state index in [1.165, 1.54) is 10.8 Å². The minimum absolute atomic E-state index is 0.0433. The molecule has 0 aliphatic carbocycles. The quantitative estimate of drug-likeness (QED) is 0.615. The van der Waals surface area contributed by atoms with Crippen molar-refractivity contribution in [2.75, 3.05) is 6.54 Å². The summed E-state index contributed by atoms with van der Waals surface area (Å²) in [5, 5.41) is 13.9. The lowest BCUT2D eigenvalue weighted by Crippen LogP contribution is -2.39. The van der Waals surface area contributed by atoms with Crippen molar-refractivity contribution in [2.45, 2.75) is 51.0 Å². The number of ether oxygens (including phenoxy) is 1. The largest absolute Gasteiger partial charge is 0.390 e. The Bertz CT molecular complexity index is 1030. The predicted octanol–water partition coefficient (Wildman–Crippen LogP) is 1.97. The lowest BCUT2D eigenvalue weighted by Gasteiger charge is -2.19. The molecule has 1 aromatic heterocycles. The average Bonchev–Trinajstić information content (AvgIpc) is 3.06. The topological polar surface area (TPSA) is 113 Å². The summed E-state index contributed by atoms with van der Waals surface area (Å²) in [5.74, 6) is -0.923. The molecule has 0 spiro atoms. The highest BCUT2D eigenvalue weighted by molar-refractivity contribution is 6.36. The molecule has 162 valence electrons. The minimum Gasteiger partial charge on any atom is -0.390 e. The number of rotatable bonds is 6. The Morgan fingerprint density at radius 3 is 2.67 bits per heavy atom. The average molecular weight is 456 g/mol. The maximum Gasteiger partial charge on any atom is 0.330 e. The molecule has 0 radical (unpaired) electrons. The fourth-order valence-electron chi connectivity index (χ4n) is 3.47. The molecule has 8 nitrogen and oxygen atoms in total. The number of halogens is 2. The summed E-state index contributed by atoms with van der Waals surface area (Å²) >= 11 is 12.3. The Morgan fingerprint density at radius 2 is 2.03 bits per heavy atom. The van der Waals surface area contributed by atoms with E-state index in [4.69, 9.17) is 27.9 Å². The molecule has 2 unspecified atom stereocenters. The molecule has 1 saturated heterocycles. The Kier molecular flexibility index (Phi) is 7.02. The van der Waals surface area contributed by atoms with Crippen LogP contribution in [0.2, 0.25) is 10.0 Å². The van der Waals surface area contributed by atoms with Gasteiger partial charge in [-0.05, 0) is 25.5 Å². The highest BCUT2D eigenvalue weighted by Crippen LogP contribution is 2.32. The van der Waals surface area contributed by atoms with Crippen LogP contribution in [-0.4, -0.2) is 39.3 Å². The first-order chi connectivity index (χ1) is 14.2. The number of nitrogens with one attached hydrogen (secondary N) is 2. The van der Waals surface area contributed by atoms with Gasteiger partial charge in [0.2, 0.25) is 5.91 Å². The van der Waals surface area contributed by atoms with E-state index in [0.29, 0.717) is 27.6 Å². The molecular weight excluding hydrogens is 433 g/mol. The first-order valence-electron chi connectivity index (χ1n) is 9.62. The molecule has 0 saturated carbocycles. The van der Waals surface area contributed by atoms with Gasteiger partial charge < -0.3 is 15.2 Å². The maximum atomic E-state index is 12.6. The zero-order valence-corrected chi connectivity index (χ0v) is 18.0. The van der Waals surface area contributed by atoms with E-state index in [1.807, 2.05) is 0 Å². The number of aryl methyl sites for hydroxylation is 1. The molecule has 1 aliphatic heterocycles. The Labute approximate surface area is 182 Å². The van der Waals surface area contributed by atoms with Gasteiger partial charge in [-0.15, -0.1) is 0 Å². The molecule has 30 heavy (non-hydrogen) atoms. The minimum atomic E-state index is -0.890. The molecule has 3 N–H and O–H groups in total. The van der Waals surface area contributed by atoms with Gasteiger partial charge in [0, 0.05) is 40.3 Å². The van der Waals surface area contributed by atoms with Crippen molar-refractivity contribution in [2.24, 2.45) is 0 Å². The van der Waals surface area contributed by atoms with Crippen LogP contribution in [0.4, 0.5) is 0 Å². The fourth-order valence-corrected chi connectivity index (χ4v) is 4.20. The van der Waals surface area contributed by atoms with Crippen molar-refractivity contribution in [3.8, 4) is 0 Å². The molecule has 2 heterocycles. The number of aromatic amines is 1. The Balaban J connectivity index is 1.67. The number of hydrogen-bond donors (Lipinski definition) is 3. The molecule has 4 atom stereocenters. The van der Waals surface area contributed by atoms with Crippen LogP contribution in [0, 0.1) is 0 Å². The number of aromatic nitrogens is 2. The monoisotopic (exact) mass is 455 g/mol. The summed E-state index contributed by atoms with van der Waals surface area (Å²) in [6, 6.07) is 5.02. The summed E-state index contributed by atoms with van der Waals surface area (Å²) in [5.41, 5.74) is -0.0831. The molecule has 1 amide bonds. The fraction of sp³-hybridized carbons (Fsp3) is 0.450. The first-order valence-corrected chi connectivity index (χ1v) is 10.4. The lowest BCUT2D eigenvalue weighted by molar-refractivity contribution is -0.123. The number of benzene rings is 1. The first kappa shape index (κ1) is 22.6. The molecule has 0 bridgehead atoms. The lowest BCUT2D eigenvalue weighted by atomic mass is 10.00. The van der Waals surface area contributed by atoms with Crippen molar-refractivity contribution in [1.29, 1.82) is 0 Å². The summed E-state index contributed by atoms with van der Waals surface area (Å²) in [4.78, 5) is 38.7. The zero-order valence-electron chi connectivity index (χ0n) is 16.5. The second-order valence-electron chi connectivity index (χ2n) is 7.21. The molecule has 3 rings (SSSR count). The highest BCUT2D eigenvalue weighted by atomic mass is 35.5. The number of carbonyl (C=O) groups excluding carboxylic acids is 1. The van der Waals surface area contributed by atoms with Gasteiger partial charge in [0.25, 0.3) is 5.56 Å². The van der Waals surface area contributed by atoms with Crippen LogP contribution < -0.4 is 16.6 Å². The molecule has 1 aliphatic rings. The van der Waals surface area contributed by atoms with Crippen LogP contribution in [0.25, 0.3) is 0 Å². The maximum absolute atomic E-state index is 12.6. The van der Waals surface area contributed by atoms with Crippen LogP contribution in [0.3, 0.4) is 0 Å². The molecular formula is C20H23Cl2N3O5. The zero-order chi connectivity index (χ0) is 22.0.